The number of primary amides is 1. The Kier molecular flexibility index (Phi) is 15.3. The van der Waals surface area contributed by atoms with E-state index in [9.17, 15) is 19.8 Å². The molecule has 218 valence electrons. The van der Waals surface area contributed by atoms with Crippen molar-refractivity contribution < 1.29 is 29.3 Å². The second kappa shape index (κ2) is 17.3. The number of rotatable bonds is 15. The van der Waals surface area contributed by atoms with Crippen LogP contribution in [-0.4, -0.2) is 53.4 Å². The van der Waals surface area contributed by atoms with Gasteiger partial charge in [0.2, 0.25) is 0 Å². The van der Waals surface area contributed by atoms with Gasteiger partial charge >= 0.3 is 12.2 Å². The van der Waals surface area contributed by atoms with Gasteiger partial charge in [-0.15, -0.1) is 0 Å². The Morgan fingerprint density at radius 1 is 1.03 bits per heavy atom. The molecule has 1 rings (SSSR count). The molecule has 1 aliphatic rings. The number of aliphatic hydroxyl groups is 2. The lowest BCUT2D eigenvalue weighted by molar-refractivity contribution is -0.0266. The normalized spacial score (nSPS) is 21.4. The Morgan fingerprint density at radius 3 is 2.24 bits per heavy atom. The largest absolute Gasteiger partial charge is 0.449 e. The molecule has 8 heteroatoms. The molecule has 0 saturated heterocycles. The summed E-state index contributed by atoms with van der Waals surface area (Å²) in [4.78, 5) is 23.6. The van der Waals surface area contributed by atoms with E-state index in [-0.39, 0.29) is 42.2 Å². The highest BCUT2D eigenvalue weighted by atomic mass is 16.6. The van der Waals surface area contributed by atoms with Crippen LogP contribution in [0.5, 0.6) is 0 Å². The van der Waals surface area contributed by atoms with Gasteiger partial charge in [-0.05, 0) is 32.1 Å². The number of carbonyl (C=O) groups is 2. The van der Waals surface area contributed by atoms with Crippen molar-refractivity contribution in [2.75, 3.05) is 6.61 Å². The lowest BCUT2D eigenvalue weighted by Crippen LogP contribution is -2.41. The van der Waals surface area contributed by atoms with Gasteiger partial charge in [0.05, 0.1) is 18.8 Å². The number of carbonyl (C=O) groups excluding carboxylic acids is 2. The van der Waals surface area contributed by atoms with Crippen LogP contribution in [0.2, 0.25) is 0 Å². The minimum atomic E-state index is -0.871. The van der Waals surface area contributed by atoms with Crippen LogP contribution >= 0.6 is 0 Å². The van der Waals surface area contributed by atoms with E-state index in [1.165, 1.54) is 6.42 Å². The van der Waals surface area contributed by atoms with Crippen molar-refractivity contribution in [3.63, 3.8) is 0 Å². The number of nitrogens with one attached hydrogen (secondary N) is 1. The number of nitrogens with two attached hydrogens (primary N) is 1. The van der Waals surface area contributed by atoms with E-state index in [0.29, 0.717) is 6.42 Å². The molecule has 0 radical (unpaired) electrons. The summed E-state index contributed by atoms with van der Waals surface area (Å²) in [6.45, 7) is 15.3. The quantitative estimate of drug-likeness (QED) is 0.162. The zero-order valence-corrected chi connectivity index (χ0v) is 24.3. The van der Waals surface area contributed by atoms with E-state index in [2.05, 4.69) is 11.9 Å². The Bertz CT molecular complexity index is 792. The van der Waals surface area contributed by atoms with Crippen LogP contribution in [-0.2, 0) is 9.47 Å². The molecule has 0 bridgehead atoms. The summed E-state index contributed by atoms with van der Waals surface area (Å²) < 4.78 is 10.7. The number of aliphatic hydroxyl groups excluding tert-OH is 2. The van der Waals surface area contributed by atoms with Crippen molar-refractivity contribution in [2.45, 2.75) is 104 Å². The van der Waals surface area contributed by atoms with Crippen molar-refractivity contribution in [3.8, 4) is 0 Å². The Labute approximate surface area is 229 Å². The Morgan fingerprint density at radius 2 is 1.66 bits per heavy atom. The summed E-state index contributed by atoms with van der Waals surface area (Å²) in [7, 11) is 0. The average Bonchev–Trinajstić information content (AvgIpc) is 2.87. The van der Waals surface area contributed by atoms with Crippen LogP contribution in [0.25, 0.3) is 0 Å². The smallest absolute Gasteiger partial charge is 0.407 e. The van der Waals surface area contributed by atoms with Crippen molar-refractivity contribution in [3.05, 3.63) is 36.5 Å². The third-order valence-electron chi connectivity index (χ3n) is 7.68. The summed E-state index contributed by atoms with van der Waals surface area (Å²) in [5.74, 6) is -1.02. The average molecular weight is 537 g/mol. The number of alkyl carbamates (subject to hydrolysis) is 1. The van der Waals surface area contributed by atoms with E-state index in [0.717, 1.165) is 31.3 Å². The summed E-state index contributed by atoms with van der Waals surface area (Å²) in [6, 6.07) is 0.186. The molecule has 0 heterocycles. The lowest BCUT2D eigenvalue weighted by Gasteiger charge is -2.33. The second-order valence-corrected chi connectivity index (χ2v) is 11.3. The van der Waals surface area contributed by atoms with Crippen molar-refractivity contribution in [1.82, 2.24) is 5.32 Å². The molecule has 0 spiro atoms. The van der Waals surface area contributed by atoms with Crippen LogP contribution in [0.4, 0.5) is 9.59 Å². The fourth-order valence-electron chi connectivity index (χ4n) is 5.43. The highest BCUT2D eigenvalue weighted by molar-refractivity contribution is 5.67. The molecule has 1 fully saturated rings. The van der Waals surface area contributed by atoms with Crippen molar-refractivity contribution in [2.24, 2.45) is 35.3 Å². The number of amides is 2. The van der Waals surface area contributed by atoms with Gasteiger partial charge in [-0.25, -0.2) is 9.59 Å². The third kappa shape index (κ3) is 12.0. The monoisotopic (exact) mass is 536 g/mol. The second-order valence-electron chi connectivity index (χ2n) is 11.3. The predicted molar refractivity (Wildman–Crippen MR) is 151 cm³/mol. The van der Waals surface area contributed by atoms with Crippen molar-refractivity contribution >= 4 is 12.2 Å². The van der Waals surface area contributed by atoms with Crippen molar-refractivity contribution in [1.29, 1.82) is 0 Å². The fraction of sp³-hybridized carbons (Fsp3) is 0.733. The standard InChI is InChI=1S/C30H52N2O6/c1-8-9-13-20(3)28(38-29(31)35)24(7)27(34)22(5)17-19(2)16-21(4)26(33)23(6)18-37-30(36)32-25-14-11-10-12-15-25/h8-9,13,16,20-28,33-34H,1,10-12,14-15,17-18H2,2-7H3,(H2,31,35)(H,32,36)/t20-,21-,22?,23-,24?,26+,27?,28?/m0/s1. The van der Waals surface area contributed by atoms with Gasteiger partial charge in [-0.1, -0.05) is 90.3 Å². The first-order chi connectivity index (χ1) is 17.9. The van der Waals surface area contributed by atoms with Gasteiger partial charge in [-0.3, -0.25) is 0 Å². The van der Waals surface area contributed by atoms with Crippen LogP contribution in [0.1, 0.15) is 80.1 Å². The Hall–Kier alpha value is -2.32. The maximum absolute atomic E-state index is 12.1. The molecule has 0 aromatic rings. The number of allylic oxidation sites excluding steroid dienone is 3. The molecule has 0 aromatic heterocycles. The summed E-state index contributed by atoms with van der Waals surface area (Å²) in [6.07, 6.45) is 10.1. The summed E-state index contributed by atoms with van der Waals surface area (Å²) in [5.41, 5.74) is 6.32. The minimum Gasteiger partial charge on any atom is -0.449 e. The molecular weight excluding hydrogens is 484 g/mol. The first-order valence-electron chi connectivity index (χ1n) is 14.1. The SMILES string of the molecule is C=CC=C[C@H](C)C(OC(N)=O)C(C)C(O)C(C)CC(C)=C[C@H](C)[C@@H](O)[C@@H](C)COC(=O)NC1CCCCC1. The fourth-order valence-corrected chi connectivity index (χ4v) is 5.43. The molecule has 8 atom stereocenters. The predicted octanol–water partition coefficient (Wildman–Crippen LogP) is 5.49. The molecule has 5 N–H and O–H groups in total. The third-order valence-corrected chi connectivity index (χ3v) is 7.68. The highest BCUT2D eigenvalue weighted by Crippen LogP contribution is 2.29. The number of ether oxygens (including phenoxy) is 2. The summed E-state index contributed by atoms with van der Waals surface area (Å²) in [5, 5.41) is 24.8. The molecule has 0 aliphatic heterocycles. The Balaban J connectivity index is 2.64. The van der Waals surface area contributed by atoms with Gasteiger partial charge in [-0.2, -0.15) is 0 Å². The molecule has 1 saturated carbocycles. The molecule has 38 heavy (non-hydrogen) atoms. The lowest BCUT2D eigenvalue weighted by atomic mass is 9.81. The molecular formula is C30H52N2O6. The molecule has 2 amide bonds. The van der Waals surface area contributed by atoms with E-state index in [1.807, 2.05) is 53.7 Å². The highest BCUT2D eigenvalue weighted by Gasteiger charge is 2.33. The number of hydrogen-bond acceptors (Lipinski definition) is 6. The van der Waals surface area contributed by atoms with Crippen LogP contribution in [0, 0.1) is 29.6 Å². The molecule has 0 aromatic carbocycles. The maximum Gasteiger partial charge on any atom is 0.407 e. The summed E-state index contributed by atoms with van der Waals surface area (Å²) >= 11 is 0. The molecule has 1 aliphatic carbocycles. The number of hydrogen-bond donors (Lipinski definition) is 4. The van der Waals surface area contributed by atoms with E-state index < -0.39 is 30.5 Å². The van der Waals surface area contributed by atoms with Gasteiger partial charge in [0.25, 0.3) is 0 Å². The van der Waals surface area contributed by atoms with Crippen LogP contribution in [0.15, 0.2) is 36.5 Å². The van der Waals surface area contributed by atoms with Gasteiger partial charge < -0.3 is 30.7 Å². The topological polar surface area (TPSA) is 131 Å². The molecule has 8 nitrogen and oxygen atoms in total. The van der Waals surface area contributed by atoms with E-state index in [4.69, 9.17) is 15.2 Å². The zero-order chi connectivity index (χ0) is 28.8. The molecule has 4 unspecified atom stereocenters. The van der Waals surface area contributed by atoms with Crippen LogP contribution in [0.3, 0.4) is 0 Å². The minimum absolute atomic E-state index is 0.121. The first kappa shape index (κ1) is 33.7. The van der Waals surface area contributed by atoms with Gasteiger partial charge in [0, 0.05) is 29.7 Å². The van der Waals surface area contributed by atoms with E-state index in [1.54, 1.807) is 12.2 Å². The zero-order valence-electron chi connectivity index (χ0n) is 24.3. The van der Waals surface area contributed by atoms with Crippen LogP contribution < -0.4 is 11.1 Å². The van der Waals surface area contributed by atoms with Gasteiger partial charge in [0.1, 0.15) is 6.10 Å². The van der Waals surface area contributed by atoms with Gasteiger partial charge in [0.15, 0.2) is 0 Å². The first-order valence-corrected chi connectivity index (χ1v) is 14.1. The van der Waals surface area contributed by atoms with E-state index >= 15 is 0 Å². The maximum atomic E-state index is 12.1.